The van der Waals surface area contributed by atoms with Crippen LogP contribution in [0.4, 0.5) is 5.69 Å². The van der Waals surface area contributed by atoms with Crippen molar-refractivity contribution in [2.45, 2.75) is 25.2 Å². The van der Waals surface area contributed by atoms with Crippen molar-refractivity contribution in [3.63, 3.8) is 0 Å². The van der Waals surface area contributed by atoms with Gasteiger partial charge in [0.05, 0.1) is 10.3 Å². The highest BCUT2D eigenvalue weighted by molar-refractivity contribution is 5.73. The lowest BCUT2D eigenvalue weighted by atomic mass is 9.95. The second-order valence-corrected chi connectivity index (χ2v) is 4.03. The molecule has 0 heterocycles. The second-order valence-electron chi connectivity index (χ2n) is 4.03. The highest BCUT2D eigenvalue weighted by Crippen LogP contribution is 2.46. The maximum absolute atomic E-state index is 10.9. The molecule has 78 valence electrons. The molecule has 0 amide bonds. The Morgan fingerprint density at radius 1 is 1.47 bits per heavy atom. The third kappa shape index (κ3) is 1.52. The standard InChI is InChI=1S/C11H11NO3/c1-8-6-9(11(7-13)4-5-11)2-3-10(8)12(14)15/h2-3,6-7H,4-5H2,1H3. The molecule has 15 heavy (non-hydrogen) atoms. The molecule has 1 aliphatic rings. The van der Waals surface area contributed by atoms with E-state index in [0.717, 1.165) is 24.7 Å². The van der Waals surface area contributed by atoms with Gasteiger partial charge in [-0.1, -0.05) is 6.07 Å². The van der Waals surface area contributed by atoms with Crippen LogP contribution in [0.5, 0.6) is 0 Å². The summed E-state index contributed by atoms with van der Waals surface area (Å²) in [6.07, 6.45) is 2.66. The Bertz CT molecular complexity index is 435. The largest absolute Gasteiger partial charge is 0.302 e. The zero-order valence-electron chi connectivity index (χ0n) is 8.40. The molecular formula is C11H11NO3. The molecule has 0 bridgehead atoms. The summed E-state index contributed by atoms with van der Waals surface area (Å²) in [4.78, 5) is 21.1. The van der Waals surface area contributed by atoms with Crippen molar-refractivity contribution in [2.75, 3.05) is 0 Å². The summed E-state index contributed by atoms with van der Waals surface area (Å²) in [5.41, 5.74) is 1.28. The first-order valence-corrected chi connectivity index (χ1v) is 4.81. The minimum absolute atomic E-state index is 0.112. The molecule has 1 aromatic rings. The lowest BCUT2D eigenvalue weighted by Crippen LogP contribution is -2.08. The average Bonchev–Trinajstić information content (AvgIpc) is 2.97. The number of rotatable bonds is 3. The van der Waals surface area contributed by atoms with Gasteiger partial charge in [0, 0.05) is 11.6 Å². The first kappa shape index (κ1) is 9.83. The van der Waals surface area contributed by atoms with Crippen LogP contribution in [0.15, 0.2) is 18.2 Å². The highest BCUT2D eigenvalue weighted by atomic mass is 16.6. The van der Waals surface area contributed by atoms with Crippen LogP contribution < -0.4 is 0 Å². The van der Waals surface area contributed by atoms with Gasteiger partial charge < -0.3 is 4.79 Å². The number of aldehydes is 1. The number of nitrogens with zero attached hydrogens (tertiary/aromatic N) is 1. The molecule has 4 heteroatoms. The fraction of sp³-hybridized carbons (Fsp3) is 0.364. The highest BCUT2D eigenvalue weighted by Gasteiger charge is 2.44. The maximum atomic E-state index is 10.9. The molecule has 2 rings (SSSR count). The predicted octanol–water partition coefficient (Wildman–Crippen LogP) is 2.13. The van der Waals surface area contributed by atoms with E-state index in [9.17, 15) is 14.9 Å². The number of carbonyl (C=O) groups excluding carboxylic acids is 1. The summed E-state index contributed by atoms with van der Waals surface area (Å²) in [6, 6.07) is 4.92. The van der Waals surface area contributed by atoms with Crippen LogP contribution in [0, 0.1) is 17.0 Å². The van der Waals surface area contributed by atoms with E-state index in [-0.39, 0.29) is 11.1 Å². The molecule has 1 saturated carbocycles. The Morgan fingerprint density at radius 3 is 2.53 bits per heavy atom. The quantitative estimate of drug-likeness (QED) is 0.431. The Morgan fingerprint density at radius 2 is 2.13 bits per heavy atom. The molecule has 1 aliphatic carbocycles. The maximum Gasteiger partial charge on any atom is 0.272 e. The first-order valence-electron chi connectivity index (χ1n) is 4.81. The van der Waals surface area contributed by atoms with E-state index in [4.69, 9.17) is 0 Å². The number of carbonyl (C=O) groups is 1. The molecule has 0 atom stereocenters. The van der Waals surface area contributed by atoms with Crippen LogP contribution in [0.25, 0.3) is 0 Å². The minimum atomic E-state index is -0.403. The molecule has 0 spiro atoms. The van der Waals surface area contributed by atoms with Gasteiger partial charge >= 0.3 is 0 Å². The van der Waals surface area contributed by atoms with Gasteiger partial charge in [0.15, 0.2) is 0 Å². The minimum Gasteiger partial charge on any atom is -0.302 e. The zero-order chi connectivity index (χ0) is 11.1. The Kier molecular flexibility index (Phi) is 2.07. The van der Waals surface area contributed by atoms with Gasteiger partial charge in [-0.05, 0) is 31.4 Å². The number of aryl methyl sites for hydroxylation is 1. The Hall–Kier alpha value is -1.71. The molecule has 0 N–H and O–H groups in total. The van der Waals surface area contributed by atoms with Crippen LogP contribution in [0.3, 0.4) is 0 Å². The van der Waals surface area contributed by atoms with E-state index in [2.05, 4.69) is 0 Å². The lowest BCUT2D eigenvalue weighted by molar-refractivity contribution is -0.385. The van der Waals surface area contributed by atoms with Gasteiger partial charge in [0.2, 0.25) is 0 Å². The molecule has 4 nitrogen and oxygen atoms in total. The van der Waals surface area contributed by atoms with Crippen molar-refractivity contribution < 1.29 is 9.72 Å². The van der Waals surface area contributed by atoms with E-state index >= 15 is 0 Å². The summed E-state index contributed by atoms with van der Waals surface area (Å²) in [5.74, 6) is 0. The van der Waals surface area contributed by atoms with E-state index < -0.39 is 4.92 Å². The Labute approximate surface area is 87.1 Å². The van der Waals surface area contributed by atoms with Gasteiger partial charge in [0.25, 0.3) is 5.69 Å². The molecule has 0 unspecified atom stereocenters. The molecule has 0 saturated heterocycles. The monoisotopic (exact) mass is 205 g/mol. The van der Waals surface area contributed by atoms with Gasteiger partial charge in [-0.15, -0.1) is 0 Å². The molecule has 0 aliphatic heterocycles. The van der Waals surface area contributed by atoms with Crippen molar-refractivity contribution in [2.24, 2.45) is 0 Å². The lowest BCUT2D eigenvalue weighted by Gasteiger charge is -2.08. The number of nitro groups is 1. The smallest absolute Gasteiger partial charge is 0.272 e. The molecule has 0 radical (unpaired) electrons. The van der Waals surface area contributed by atoms with Crippen molar-refractivity contribution in [1.82, 2.24) is 0 Å². The first-order chi connectivity index (χ1) is 7.09. The third-order valence-corrected chi connectivity index (χ3v) is 2.98. The second kappa shape index (κ2) is 3.15. The van der Waals surface area contributed by atoms with E-state index in [1.54, 1.807) is 19.1 Å². The zero-order valence-corrected chi connectivity index (χ0v) is 8.40. The predicted molar refractivity (Wildman–Crippen MR) is 54.8 cm³/mol. The molecule has 1 aromatic carbocycles. The summed E-state index contributed by atoms with van der Waals surface area (Å²) >= 11 is 0. The number of nitro benzene ring substituents is 1. The van der Waals surface area contributed by atoms with E-state index in [1.165, 1.54) is 6.07 Å². The SMILES string of the molecule is Cc1cc(C2(C=O)CC2)ccc1[N+](=O)[O-]. The van der Waals surface area contributed by atoms with Gasteiger partial charge in [-0.25, -0.2) is 0 Å². The van der Waals surface area contributed by atoms with E-state index in [1.807, 2.05) is 0 Å². The topological polar surface area (TPSA) is 60.2 Å². The fourth-order valence-corrected chi connectivity index (χ4v) is 1.78. The summed E-state index contributed by atoms with van der Waals surface area (Å²) < 4.78 is 0. The number of benzene rings is 1. The van der Waals surface area contributed by atoms with Gasteiger partial charge in [0.1, 0.15) is 6.29 Å². The number of hydrogen-bond acceptors (Lipinski definition) is 3. The van der Waals surface area contributed by atoms with Crippen LogP contribution in [0.1, 0.15) is 24.0 Å². The van der Waals surface area contributed by atoms with Crippen molar-refractivity contribution in [3.05, 3.63) is 39.4 Å². The number of hydrogen-bond donors (Lipinski definition) is 0. The van der Waals surface area contributed by atoms with Crippen LogP contribution in [-0.2, 0) is 10.2 Å². The molecule has 1 fully saturated rings. The van der Waals surface area contributed by atoms with Crippen molar-refractivity contribution >= 4 is 12.0 Å². The van der Waals surface area contributed by atoms with Gasteiger partial charge in [-0.3, -0.25) is 10.1 Å². The van der Waals surface area contributed by atoms with Crippen LogP contribution >= 0.6 is 0 Å². The fourth-order valence-electron chi connectivity index (χ4n) is 1.78. The molecular weight excluding hydrogens is 194 g/mol. The average molecular weight is 205 g/mol. The summed E-state index contributed by atoms with van der Waals surface area (Å²) in [7, 11) is 0. The third-order valence-electron chi connectivity index (χ3n) is 2.98. The normalized spacial score (nSPS) is 17.1. The van der Waals surface area contributed by atoms with Crippen LogP contribution in [-0.4, -0.2) is 11.2 Å². The molecule has 0 aromatic heterocycles. The Balaban J connectivity index is 2.42. The van der Waals surface area contributed by atoms with E-state index in [0.29, 0.717) is 5.56 Å². The van der Waals surface area contributed by atoms with Crippen molar-refractivity contribution in [1.29, 1.82) is 0 Å². The van der Waals surface area contributed by atoms with Gasteiger partial charge in [-0.2, -0.15) is 0 Å². The summed E-state index contributed by atoms with van der Waals surface area (Å²) in [5, 5.41) is 10.6. The summed E-state index contributed by atoms with van der Waals surface area (Å²) in [6.45, 7) is 1.70. The van der Waals surface area contributed by atoms with Crippen molar-refractivity contribution in [3.8, 4) is 0 Å². The van der Waals surface area contributed by atoms with Crippen LogP contribution in [0.2, 0.25) is 0 Å².